The van der Waals surface area contributed by atoms with E-state index in [1.165, 1.54) is 12.1 Å². The molecule has 1 aromatic carbocycles. The Labute approximate surface area is 174 Å². The first-order valence-corrected chi connectivity index (χ1v) is 8.28. The van der Waals surface area contributed by atoms with E-state index in [2.05, 4.69) is 15.6 Å². The third kappa shape index (κ3) is 10.6. The fourth-order valence-corrected chi connectivity index (χ4v) is 2.03. The quantitative estimate of drug-likeness (QED) is 0.274. The van der Waals surface area contributed by atoms with Crippen LogP contribution in [0.15, 0.2) is 29.3 Å². The van der Waals surface area contributed by atoms with E-state index in [1.54, 1.807) is 7.11 Å². The highest BCUT2D eigenvalue weighted by Gasteiger charge is 2.30. The Balaban J connectivity index is 0.00000676. The van der Waals surface area contributed by atoms with Crippen LogP contribution < -0.4 is 15.4 Å². The molecule has 0 saturated carbocycles. The van der Waals surface area contributed by atoms with Crippen LogP contribution >= 0.6 is 24.0 Å². The van der Waals surface area contributed by atoms with Gasteiger partial charge in [0.1, 0.15) is 18.5 Å². The molecule has 0 aliphatic carbocycles. The molecule has 2 unspecified atom stereocenters. The van der Waals surface area contributed by atoms with Crippen molar-refractivity contribution in [1.29, 1.82) is 0 Å². The number of methoxy groups -OCH3 is 1. The van der Waals surface area contributed by atoms with Crippen molar-refractivity contribution < 1.29 is 27.8 Å². The molecular weight excluding hydrogens is 478 g/mol. The summed E-state index contributed by atoms with van der Waals surface area (Å²) in [5.74, 6) is 0.783. The highest BCUT2D eigenvalue weighted by Crippen LogP contribution is 2.30. The van der Waals surface area contributed by atoms with Crippen LogP contribution in [0.5, 0.6) is 5.75 Å². The summed E-state index contributed by atoms with van der Waals surface area (Å²) in [6.07, 6.45) is -5.28. The molecule has 0 spiro atoms. The Kier molecular flexibility index (Phi) is 12.4. The number of rotatable bonds is 9. The Hall–Kier alpha value is -1.27. The first-order chi connectivity index (χ1) is 12.3. The van der Waals surface area contributed by atoms with Gasteiger partial charge >= 0.3 is 6.18 Å². The number of ether oxygens (including phenoxy) is 2. The number of aliphatic hydroxyl groups is 1. The Bertz CT molecular complexity index is 557. The maximum atomic E-state index is 12.5. The van der Waals surface area contributed by atoms with Crippen LogP contribution in [0.4, 0.5) is 13.2 Å². The van der Waals surface area contributed by atoms with Gasteiger partial charge in [0.25, 0.3) is 0 Å². The summed E-state index contributed by atoms with van der Waals surface area (Å²) in [7, 11) is 1.60. The van der Waals surface area contributed by atoms with Crippen molar-refractivity contribution >= 4 is 29.9 Å². The minimum atomic E-state index is -4.39. The minimum Gasteiger partial charge on any atom is -0.491 e. The van der Waals surface area contributed by atoms with E-state index < -0.39 is 17.8 Å². The normalized spacial score (nSPS) is 14.1. The molecule has 27 heavy (non-hydrogen) atoms. The van der Waals surface area contributed by atoms with Gasteiger partial charge in [-0.1, -0.05) is 0 Å². The summed E-state index contributed by atoms with van der Waals surface area (Å²) in [5.41, 5.74) is -0.749. The Morgan fingerprint density at radius 3 is 2.37 bits per heavy atom. The van der Waals surface area contributed by atoms with Crippen molar-refractivity contribution in [3.05, 3.63) is 29.8 Å². The van der Waals surface area contributed by atoms with Crippen LogP contribution in [0.1, 0.15) is 19.4 Å². The molecule has 156 valence electrons. The summed E-state index contributed by atoms with van der Waals surface area (Å²) in [6, 6.07) is 4.35. The number of halogens is 4. The van der Waals surface area contributed by atoms with E-state index in [-0.39, 0.29) is 48.9 Å². The van der Waals surface area contributed by atoms with Crippen LogP contribution in [0.25, 0.3) is 0 Å². The zero-order valence-electron chi connectivity index (χ0n) is 15.5. The number of hydrogen-bond donors (Lipinski definition) is 3. The molecule has 0 fully saturated rings. The summed E-state index contributed by atoms with van der Waals surface area (Å²) >= 11 is 0. The average molecular weight is 505 g/mol. The van der Waals surface area contributed by atoms with Crippen LogP contribution in [0.2, 0.25) is 0 Å². The molecule has 10 heteroatoms. The minimum absolute atomic E-state index is 0. The average Bonchev–Trinajstić information content (AvgIpc) is 2.58. The van der Waals surface area contributed by atoms with Crippen molar-refractivity contribution in [2.24, 2.45) is 4.99 Å². The SMILES string of the molecule is CCNC(=NCC(O)COc1ccc(C(F)(F)F)cc1)NC(C)COC.I. The van der Waals surface area contributed by atoms with Crippen molar-refractivity contribution in [3.8, 4) is 5.75 Å². The smallest absolute Gasteiger partial charge is 0.416 e. The lowest BCUT2D eigenvalue weighted by Crippen LogP contribution is -2.44. The second-order valence-corrected chi connectivity index (χ2v) is 5.71. The lowest BCUT2D eigenvalue weighted by molar-refractivity contribution is -0.137. The maximum absolute atomic E-state index is 12.5. The van der Waals surface area contributed by atoms with Crippen LogP contribution in [-0.2, 0) is 10.9 Å². The predicted octanol–water partition coefficient (Wildman–Crippen LogP) is 2.65. The van der Waals surface area contributed by atoms with Gasteiger partial charge in [0.15, 0.2) is 5.96 Å². The number of aliphatic imine (C=N–C) groups is 1. The fourth-order valence-electron chi connectivity index (χ4n) is 2.03. The van der Waals surface area contributed by atoms with Gasteiger partial charge in [-0.05, 0) is 38.1 Å². The molecule has 6 nitrogen and oxygen atoms in total. The first kappa shape index (κ1) is 25.7. The molecule has 0 bridgehead atoms. The summed E-state index contributed by atoms with van der Waals surface area (Å²) < 4.78 is 47.8. The molecule has 1 rings (SSSR count). The third-order valence-electron chi connectivity index (χ3n) is 3.23. The second kappa shape index (κ2) is 13.0. The molecule has 3 N–H and O–H groups in total. The number of nitrogens with one attached hydrogen (secondary N) is 2. The third-order valence-corrected chi connectivity index (χ3v) is 3.23. The van der Waals surface area contributed by atoms with E-state index >= 15 is 0 Å². The predicted molar refractivity (Wildman–Crippen MR) is 109 cm³/mol. The second-order valence-electron chi connectivity index (χ2n) is 5.71. The van der Waals surface area contributed by atoms with E-state index in [0.29, 0.717) is 19.1 Å². The standard InChI is InChI=1S/C17H26F3N3O3.HI/c1-4-21-16(23-12(2)10-25-3)22-9-14(24)11-26-15-7-5-13(6-8-15)17(18,19)20;/h5-8,12,14,24H,4,9-11H2,1-3H3,(H2,21,22,23);1H. The van der Waals surface area contributed by atoms with E-state index in [4.69, 9.17) is 9.47 Å². The lowest BCUT2D eigenvalue weighted by Gasteiger charge is -2.18. The highest BCUT2D eigenvalue weighted by atomic mass is 127. The molecule has 1 aromatic rings. The van der Waals surface area contributed by atoms with Gasteiger partial charge in [0.2, 0.25) is 0 Å². The molecule has 0 aliphatic heterocycles. The van der Waals surface area contributed by atoms with Crippen molar-refractivity contribution in [2.75, 3.05) is 33.4 Å². The van der Waals surface area contributed by atoms with Crippen LogP contribution in [0.3, 0.4) is 0 Å². The zero-order valence-corrected chi connectivity index (χ0v) is 17.9. The largest absolute Gasteiger partial charge is 0.491 e. The van der Waals surface area contributed by atoms with Gasteiger partial charge in [-0.2, -0.15) is 13.2 Å². The maximum Gasteiger partial charge on any atom is 0.416 e. The topological polar surface area (TPSA) is 75.1 Å². The van der Waals surface area contributed by atoms with Gasteiger partial charge in [0, 0.05) is 19.7 Å². The van der Waals surface area contributed by atoms with Crippen molar-refractivity contribution in [2.45, 2.75) is 32.2 Å². The van der Waals surface area contributed by atoms with Gasteiger partial charge in [-0.15, -0.1) is 24.0 Å². The molecule has 0 aliphatic rings. The van der Waals surface area contributed by atoms with Crippen LogP contribution in [0, 0.1) is 0 Å². The Morgan fingerprint density at radius 1 is 1.22 bits per heavy atom. The van der Waals surface area contributed by atoms with E-state index in [0.717, 1.165) is 12.1 Å². The number of hydrogen-bond acceptors (Lipinski definition) is 4. The first-order valence-electron chi connectivity index (χ1n) is 8.28. The summed E-state index contributed by atoms with van der Waals surface area (Å²) in [4.78, 5) is 4.25. The number of alkyl halides is 3. The lowest BCUT2D eigenvalue weighted by atomic mass is 10.2. The summed E-state index contributed by atoms with van der Waals surface area (Å²) in [5, 5.41) is 16.1. The van der Waals surface area contributed by atoms with Gasteiger partial charge in [-0.3, -0.25) is 4.99 Å². The van der Waals surface area contributed by atoms with Gasteiger partial charge in [0.05, 0.1) is 18.7 Å². The van der Waals surface area contributed by atoms with E-state index in [1.807, 2.05) is 13.8 Å². The van der Waals surface area contributed by atoms with E-state index in [9.17, 15) is 18.3 Å². The zero-order chi connectivity index (χ0) is 19.6. The van der Waals surface area contributed by atoms with Crippen LogP contribution in [-0.4, -0.2) is 56.6 Å². The Morgan fingerprint density at radius 2 is 1.85 bits per heavy atom. The molecule has 2 atom stereocenters. The molecule has 0 saturated heterocycles. The van der Waals surface area contributed by atoms with Crippen molar-refractivity contribution in [3.63, 3.8) is 0 Å². The fraction of sp³-hybridized carbons (Fsp3) is 0.588. The molecular formula is C17H27F3IN3O3. The molecule has 0 amide bonds. The van der Waals surface area contributed by atoms with Crippen molar-refractivity contribution in [1.82, 2.24) is 10.6 Å². The molecule has 0 heterocycles. The number of aliphatic hydroxyl groups excluding tert-OH is 1. The number of benzene rings is 1. The molecule has 0 radical (unpaired) electrons. The monoisotopic (exact) mass is 505 g/mol. The van der Waals surface area contributed by atoms with Gasteiger partial charge in [-0.25, -0.2) is 0 Å². The summed E-state index contributed by atoms with van der Waals surface area (Å²) in [6.45, 7) is 5.01. The highest BCUT2D eigenvalue weighted by molar-refractivity contribution is 14.0. The van der Waals surface area contributed by atoms with Gasteiger partial charge < -0.3 is 25.2 Å². The number of guanidine groups is 1. The molecule has 0 aromatic heterocycles. The number of nitrogens with zero attached hydrogens (tertiary/aromatic N) is 1.